The first-order chi connectivity index (χ1) is 14.9. The first-order valence-corrected chi connectivity index (χ1v) is 10.6. The molecule has 8 heteroatoms. The van der Waals surface area contributed by atoms with Crippen LogP contribution >= 0.6 is 11.8 Å². The Bertz CT molecular complexity index is 1000. The van der Waals surface area contributed by atoms with Crippen molar-refractivity contribution in [1.82, 2.24) is 10.2 Å². The second-order valence-corrected chi connectivity index (χ2v) is 7.97. The topological polar surface area (TPSA) is 84.9 Å². The summed E-state index contributed by atoms with van der Waals surface area (Å²) in [6.07, 6.45) is 0.965. The normalized spacial score (nSPS) is 15.8. The molecule has 0 bridgehead atoms. The molecule has 0 saturated carbocycles. The van der Waals surface area contributed by atoms with Crippen LogP contribution in [0, 0.1) is 6.92 Å². The Labute approximate surface area is 185 Å². The molecule has 1 N–H and O–H groups in total. The van der Waals surface area contributed by atoms with E-state index < -0.39 is 6.10 Å². The van der Waals surface area contributed by atoms with Crippen molar-refractivity contribution in [2.45, 2.75) is 20.0 Å². The highest BCUT2D eigenvalue weighted by Crippen LogP contribution is 2.32. The molecule has 0 aliphatic carbocycles. The number of benzene rings is 2. The van der Waals surface area contributed by atoms with Crippen molar-refractivity contribution in [3.8, 4) is 11.5 Å². The molecular formula is C23H24N2O5S. The fourth-order valence-corrected chi connectivity index (χ4v) is 3.79. The Morgan fingerprint density at radius 1 is 1.16 bits per heavy atom. The molecule has 1 unspecified atom stereocenters. The lowest BCUT2D eigenvalue weighted by Crippen LogP contribution is -2.41. The van der Waals surface area contributed by atoms with E-state index in [0.717, 1.165) is 27.8 Å². The molecule has 2 aromatic carbocycles. The van der Waals surface area contributed by atoms with E-state index in [1.165, 1.54) is 0 Å². The third kappa shape index (κ3) is 5.88. The van der Waals surface area contributed by atoms with Crippen molar-refractivity contribution in [1.29, 1.82) is 0 Å². The molecule has 0 spiro atoms. The summed E-state index contributed by atoms with van der Waals surface area (Å²) in [6, 6.07) is 14.6. The molecule has 1 heterocycles. The van der Waals surface area contributed by atoms with Crippen LogP contribution in [-0.2, 0) is 9.59 Å². The smallest absolute Gasteiger partial charge is 0.293 e. The quantitative estimate of drug-likeness (QED) is 0.631. The number of ether oxygens (including phenoxy) is 2. The van der Waals surface area contributed by atoms with Crippen LogP contribution < -0.4 is 14.8 Å². The van der Waals surface area contributed by atoms with Gasteiger partial charge in [-0.25, -0.2) is 0 Å². The maximum absolute atomic E-state index is 12.6. The zero-order valence-electron chi connectivity index (χ0n) is 17.6. The van der Waals surface area contributed by atoms with E-state index >= 15 is 0 Å². The van der Waals surface area contributed by atoms with Gasteiger partial charge in [-0.2, -0.15) is 0 Å². The van der Waals surface area contributed by atoms with Crippen molar-refractivity contribution >= 4 is 34.9 Å². The molecule has 7 nitrogen and oxygen atoms in total. The minimum Gasteiger partial charge on any atom is -0.497 e. The molecule has 3 rings (SSSR count). The second kappa shape index (κ2) is 10.2. The van der Waals surface area contributed by atoms with E-state index in [-0.39, 0.29) is 30.1 Å². The van der Waals surface area contributed by atoms with E-state index in [4.69, 9.17) is 9.47 Å². The highest BCUT2D eigenvalue weighted by molar-refractivity contribution is 8.18. The van der Waals surface area contributed by atoms with Gasteiger partial charge in [0.1, 0.15) is 11.5 Å². The van der Waals surface area contributed by atoms with Crippen LogP contribution in [0.4, 0.5) is 4.79 Å². The molecule has 0 radical (unpaired) electrons. The third-order valence-corrected chi connectivity index (χ3v) is 5.50. The first kappa shape index (κ1) is 22.4. The lowest BCUT2D eigenvalue weighted by molar-refractivity contribution is -0.128. The van der Waals surface area contributed by atoms with Gasteiger partial charge in [0, 0.05) is 13.1 Å². The molecule has 1 aliphatic rings. The number of nitrogens with one attached hydrogen (secondary N) is 1. The average molecular weight is 441 g/mol. The SMILES string of the molecule is COc1ccc(/C=C2/SC(=O)N(CCNC(=O)C(C)Oc3cccc(C)c3)C2=O)cc1. The van der Waals surface area contributed by atoms with Crippen molar-refractivity contribution in [2.75, 3.05) is 20.2 Å². The molecular weight excluding hydrogens is 416 g/mol. The summed E-state index contributed by atoms with van der Waals surface area (Å²) in [6.45, 7) is 3.83. The van der Waals surface area contributed by atoms with Crippen molar-refractivity contribution in [3.63, 3.8) is 0 Å². The summed E-state index contributed by atoms with van der Waals surface area (Å²) < 4.78 is 10.8. The Morgan fingerprint density at radius 3 is 2.58 bits per heavy atom. The molecule has 1 saturated heterocycles. The van der Waals surface area contributed by atoms with Gasteiger partial charge >= 0.3 is 0 Å². The molecule has 3 amide bonds. The zero-order valence-corrected chi connectivity index (χ0v) is 18.4. The number of hydrogen-bond acceptors (Lipinski definition) is 6. The third-order valence-electron chi connectivity index (χ3n) is 4.59. The second-order valence-electron chi connectivity index (χ2n) is 6.97. The Hall–Kier alpha value is -3.26. The molecule has 2 aromatic rings. The van der Waals surface area contributed by atoms with Crippen molar-refractivity contribution < 1.29 is 23.9 Å². The summed E-state index contributed by atoms with van der Waals surface area (Å²) in [4.78, 5) is 38.6. The number of thioether (sulfide) groups is 1. The largest absolute Gasteiger partial charge is 0.497 e. The highest BCUT2D eigenvalue weighted by atomic mass is 32.2. The summed E-state index contributed by atoms with van der Waals surface area (Å²) >= 11 is 0.885. The van der Waals surface area contributed by atoms with Crippen LogP contribution in [0.2, 0.25) is 0 Å². The van der Waals surface area contributed by atoms with Gasteiger partial charge in [0.15, 0.2) is 6.10 Å². The number of aryl methyl sites for hydroxylation is 1. The van der Waals surface area contributed by atoms with E-state index in [2.05, 4.69) is 5.32 Å². The molecule has 0 aromatic heterocycles. The van der Waals surface area contributed by atoms with E-state index in [9.17, 15) is 14.4 Å². The van der Waals surface area contributed by atoms with Gasteiger partial charge in [-0.15, -0.1) is 0 Å². The lowest BCUT2D eigenvalue weighted by atomic mass is 10.2. The Kier molecular flexibility index (Phi) is 7.36. The number of carbonyl (C=O) groups is 3. The maximum Gasteiger partial charge on any atom is 0.293 e. The van der Waals surface area contributed by atoms with Crippen molar-refractivity contribution in [3.05, 3.63) is 64.6 Å². The van der Waals surface area contributed by atoms with E-state index in [0.29, 0.717) is 16.4 Å². The van der Waals surface area contributed by atoms with Gasteiger partial charge in [-0.1, -0.05) is 24.3 Å². The summed E-state index contributed by atoms with van der Waals surface area (Å²) in [5.41, 5.74) is 1.83. The minimum absolute atomic E-state index is 0.0908. The zero-order chi connectivity index (χ0) is 22.4. The summed E-state index contributed by atoms with van der Waals surface area (Å²) in [5.74, 6) is 0.630. The highest BCUT2D eigenvalue weighted by Gasteiger charge is 2.34. The van der Waals surface area contributed by atoms with Gasteiger partial charge in [-0.3, -0.25) is 19.3 Å². The number of methoxy groups -OCH3 is 1. The van der Waals surface area contributed by atoms with Gasteiger partial charge in [0.05, 0.1) is 12.0 Å². The maximum atomic E-state index is 12.6. The predicted molar refractivity (Wildman–Crippen MR) is 120 cm³/mol. The van der Waals surface area contributed by atoms with Crippen LogP contribution in [0.5, 0.6) is 11.5 Å². The van der Waals surface area contributed by atoms with Crippen LogP contribution in [0.3, 0.4) is 0 Å². The standard InChI is InChI=1S/C23H24N2O5S/c1-15-5-4-6-19(13-15)30-16(2)21(26)24-11-12-25-22(27)20(31-23(25)28)14-17-7-9-18(29-3)10-8-17/h4-10,13-14,16H,11-12H2,1-3H3,(H,24,26)/b20-14+. The number of carbonyl (C=O) groups excluding carboxylic acids is 3. The minimum atomic E-state index is -0.702. The van der Waals surface area contributed by atoms with Gasteiger partial charge < -0.3 is 14.8 Å². The average Bonchev–Trinajstić information content (AvgIpc) is 3.01. The van der Waals surface area contributed by atoms with Gasteiger partial charge in [0.25, 0.3) is 17.1 Å². The van der Waals surface area contributed by atoms with E-state index in [1.54, 1.807) is 38.3 Å². The monoisotopic (exact) mass is 440 g/mol. The number of nitrogens with zero attached hydrogens (tertiary/aromatic N) is 1. The van der Waals surface area contributed by atoms with Crippen LogP contribution in [0.15, 0.2) is 53.4 Å². The fraction of sp³-hybridized carbons (Fsp3) is 0.261. The number of amides is 3. The Balaban J connectivity index is 1.51. The molecule has 1 fully saturated rings. The number of hydrogen-bond donors (Lipinski definition) is 1. The van der Waals surface area contributed by atoms with Crippen molar-refractivity contribution in [2.24, 2.45) is 0 Å². The van der Waals surface area contributed by atoms with Crippen LogP contribution in [0.25, 0.3) is 6.08 Å². The fourth-order valence-electron chi connectivity index (χ4n) is 2.93. The van der Waals surface area contributed by atoms with Gasteiger partial charge in [-0.05, 0) is 67.1 Å². The van der Waals surface area contributed by atoms with Crippen LogP contribution in [0.1, 0.15) is 18.1 Å². The number of rotatable bonds is 8. The lowest BCUT2D eigenvalue weighted by Gasteiger charge is -2.17. The van der Waals surface area contributed by atoms with E-state index in [1.807, 2.05) is 37.3 Å². The molecule has 31 heavy (non-hydrogen) atoms. The van der Waals surface area contributed by atoms with Gasteiger partial charge in [0.2, 0.25) is 0 Å². The molecule has 162 valence electrons. The number of imide groups is 1. The van der Waals surface area contributed by atoms with Crippen LogP contribution in [-0.4, -0.2) is 48.3 Å². The summed E-state index contributed by atoms with van der Waals surface area (Å²) in [7, 11) is 1.58. The Morgan fingerprint density at radius 2 is 1.90 bits per heavy atom. The summed E-state index contributed by atoms with van der Waals surface area (Å²) in [5, 5.41) is 2.35. The first-order valence-electron chi connectivity index (χ1n) is 9.78. The predicted octanol–water partition coefficient (Wildman–Crippen LogP) is 3.62. The molecule has 1 atom stereocenters. The molecule has 1 aliphatic heterocycles.